The lowest BCUT2D eigenvalue weighted by atomic mass is 10.1. The van der Waals surface area contributed by atoms with Crippen LogP contribution in [0.3, 0.4) is 0 Å². The number of nitrogens with one attached hydrogen (secondary N) is 1. The van der Waals surface area contributed by atoms with Crippen molar-refractivity contribution in [2.75, 3.05) is 11.1 Å². The highest BCUT2D eigenvalue weighted by Gasteiger charge is 2.12. The van der Waals surface area contributed by atoms with Crippen molar-refractivity contribution in [1.29, 1.82) is 0 Å². The summed E-state index contributed by atoms with van der Waals surface area (Å²) >= 11 is 3.32. The van der Waals surface area contributed by atoms with Gasteiger partial charge in [-0.1, -0.05) is 23.8 Å². The van der Waals surface area contributed by atoms with Crippen LogP contribution in [0.2, 0.25) is 0 Å². The zero-order chi connectivity index (χ0) is 14.0. The number of benzene rings is 2. The van der Waals surface area contributed by atoms with Crippen LogP contribution in [-0.4, -0.2) is 5.91 Å². The van der Waals surface area contributed by atoms with E-state index in [1.165, 1.54) is 0 Å². The number of anilines is 2. The fourth-order valence-corrected chi connectivity index (χ4v) is 2.24. The maximum absolute atomic E-state index is 12.2. The molecule has 0 unspecified atom stereocenters. The van der Waals surface area contributed by atoms with Gasteiger partial charge in [-0.3, -0.25) is 4.79 Å². The molecule has 3 nitrogen and oxygen atoms in total. The van der Waals surface area contributed by atoms with Crippen LogP contribution < -0.4 is 11.1 Å². The quantitative estimate of drug-likeness (QED) is 0.825. The zero-order valence-electron chi connectivity index (χ0n) is 10.8. The highest BCUT2D eigenvalue weighted by Crippen LogP contribution is 2.24. The van der Waals surface area contributed by atoms with Gasteiger partial charge >= 0.3 is 0 Å². The molecule has 0 fully saturated rings. The summed E-state index contributed by atoms with van der Waals surface area (Å²) in [7, 11) is 0. The number of halogens is 1. The summed E-state index contributed by atoms with van der Waals surface area (Å²) in [6.45, 7) is 3.98. The molecule has 2 aromatic rings. The third kappa shape index (κ3) is 2.96. The molecular formula is C15H15BrN2O. The number of carbonyl (C=O) groups is 1. The molecule has 0 aliphatic rings. The second-order valence-electron chi connectivity index (χ2n) is 4.47. The Hall–Kier alpha value is -1.81. The van der Waals surface area contributed by atoms with E-state index in [4.69, 9.17) is 5.73 Å². The van der Waals surface area contributed by atoms with Crippen LogP contribution in [0.4, 0.5) is 11.4 Å². The summed E-state index contributed by atoms with van der Waals surface area (Å²) < 4.78 is 0.723. The van der Waals surface area contributed by atoms with Crippen LogP contribution in [-0.2, 0) is 0 Å². The van der Waals surface area contributed by atoms with Crippen molar-refractivity contribution in [3.8, 4) is 0 Å². The van der Waals surface area contributed by atoms with E-state index in [0.29, 0.717) is 11.3 Å². The van der Waals surface area contributed by atoms with Gasteiger partial charge in [0.05, 0.1) is 11.3 Å². The second kappa shape index (κ2) is 5.45. The van der Waals surface area contributed by atoms with Crippen LogP contribution in [0, 0.1) is 13.8 Å². The van der Waals surface area contributed by atoms with Gasteiger partial charge in [-0.15, -0.1) is 0 Å². The van der Waals surface area contributed by atoms with Gasteiger partial charge in [0.1, 0.15) is 0 Å². The molecular weight excluding hydrogens is 304 g/mol. The summed E-state index contributed by atoms with van der Waals surface area (Å²) in [5.74, 6) is -0.203. The van der Waals surface area contributed by atoms with E-state index < -0.39 is 0 Å². The average Bonchev–Trinajstić information content (AvgIpc) is 2.36. The number of carbonyl (C=O) groups excluding carboxylic acids is 1. The molecule has 0 bridgehead atoms. The van der Waals surface area contributed by atoms with Crippen molar-refractivity contribution in [1.82, 2.24) is 0 Å². The lowest BCUT2D eigenvalue weighted by Gasteiger charge is -2.11. The Morgan fingerprint density at radius 2 is 1.95 bits per heavy atom. The minimum absolute atomic E-state index is 0.203. The van der Waals surface area contributed by atoms with Crippen LogP contribution in [0.25, 0.3) is 0 Å². The van der Waals surface area contributed by atoms with Gasteiger partial charge in [-0.2, -0.15) is 0 Å². The lowest BCUT2D eigenvalue weighted by molar-refractivity contribution is 0.102. The Bertz CT molecular complexity index is 638. The first-order valence-corrected chi connectivity index (χ1v) is 6.71. The Kier molecular flexibility index (Phi) is 3.90. The predicted molar refractivity (Wildman–Crippen MR) is 82.4 cm³/mol. The van der Waals surface area contributed by atoms with Crippen LogP contribution in [0.15, 0.2) is 40.9 Å². The van der Waals surface area contributed by atoms with Gasteiger partial charge < -0.3 is 11.1 Å². The molecule has 2 aromatic carbocycles. The number of nitrogen functional groups attached to an aromatic ring is 1. The predicted octanol–water partition coefficient (Wildman–Crippen LogP) is 3.90. The number of para-hydroxylation sites is 1. The molecule has 2 rings (SSSR count). The Balaban J connectivity index is 2.28. The van der Waals surface area contributed by atoms with E-state index in [1.807, 2.05) is 38.1 Å². The van der Waals surface area contributed by atoms with Gasteiger partial charge in [-0.25, -0.2) is 0 Å². The number of hydrogen-bond acceptors (Lipinski definition) is 2. The SMILES string of the molecule is Cc1ccc(NC(=O)c2cccc(Br)c2N)c(C)c1. The molecule has 98 valence electrons. The van der Waals surface area contributed by atoms with Crippen molar-refractivity contribution in [2.45, 2.75) is 13.8 Å². The first-order valence-electron chi connectivity index (χ1n) is 5.91. The molecule has 0 atom stereocenters. The highest BCUT2D eigenvalue weighted by molar-refractivity contribution is 9.10. The fourth-order valence-electron chi connectivity index (χ4n) is 1.88. The molecule has 0 heterocycles. The first kappa shape index (κ1) is 13.6. The molecule has 0 radical (unpaired) electrons. The first-order chi connectivity index (χ1) is 8.99. The van der Waals surface area contributed by atoms with E-state index >= 15 is 0 Å². The minimum Gasteiger partial charge on any atom is -0.397 e. The zero-order valence-corrected chi connectivity index (χ0v) is 12.4. The second-order valence-corrected chi connectivity index (χ2v) is 5.33. The van der Waals surface area contributed by atoms with E-state index in [2.05, 4.69) is 21.2 Å². The van der Waals surface area contributed by atoms with Crippen molar-refractivity contribution >= 4 is 33.2 Å². The number of nitrogens with two attached hydrogens (primary N) is 1. The van der Waals surface area contributed by atoms with Crippen LogP contribution in [0.1, 0.15) is 21.5 Å². The normalized spacial score (nSPS) is 10.3. The standard InChI is InChI=1S/C15H15BrN2O/c1-9-6-7-13(10(2)8-9)18-15(19)11-4-3-5-12(16)14(11)17/h3-8H,17H2,1-2H3,(H,18,19). The van der Waals surface area contributed by atoms with Gasteiger partial charge in [-0.05, 0) is 53.5 Å². The number of rotatable bonds is 2. The smallest absolute Gasteiger partial charge is 0.257 e. The summed E-state index contributed by atoms with van der Waals surface area (Å²) in [4.78, 5) is 12.2. The molecule has 0 spiro atoms. The maximum Gasteiger partial charge on any atom is 0.257 e. The van der Waals surface area contributed by atoms with Crippen molar-refractivity contribution in [3.63, 3.8) is 0 Å². The highest BCUT2D eigenvalue weighted by atomic mass is 79.9. The minimum atomic E-state index is -0.203. The summed E-state index contributed by atoms with van der Waals surface area (Å²) in [5, 5.41) is 2.88. The Morgan fingerprint density at radius 3 is 2.63 bits per heavy atom. The fraction of sp³-hybridized carbons (Fsp3) is 0.133. The maximum atomic E-state index is 12.2. The van der Waals surface area contributed by atoms with Crippen LogP contribution in [0.5, 0.6) is 0 Å². The molecule has 0 aliphatic heterocycles. The summed E-state index contributed by atoms with van der Waals surface area (Å²) in [6, 6.07) is 11.2. The monoisotopic (exact) mass is 318 g/mol. The van der Waals surface area contributed by atoms with Gasteiger partial charge in [0.15, 0.2) is 0 Å². The van der Waals surface area contributed by atoms with Crippen molar-refractivity contribution in [2.24, 2.45) is 0 Å². The van der Waals surface area contributed by atoms with Gasteiger partial charge in [0, 0.05) is 10.2 Å². The summed E-state index contributed by atoms with van der Waals surface area (Å²) in [5.41, 5.74) is 9.80. The van der Waals surface area contributed by atoms with Crippen LogP contribution >= 0.6 is 15.9 Å². The third-order valence-corrected chi connectivity index (χ3v) is 3.62. The third-order valence-electron chi connectivity index (χ3n) is 2.93. The molecule has 0 aromatic heterocycles. The number of hydrogen-bond donors (Lipinski definition) is 2. The lowest BCUT2D eigenvalue weighted by Crippen LogP contribution is -2.15. The van der Waals surface area contributed by atoms with E-state index in [1.54, 1.807) is 12.1 Å². The average molecular weight is 319 g/mol. The molecule has 0 saturated heterocycles. The summed E-state index contributed by atoms with van der Waals surface area (Å²) in [6.07, 6.45) is 0. The van der Waals surface area contributed by atoms with Crippen molar-refractivity contribution < 1.29 is 4.79 Å². The molecule has 4 heteroatoms. The van der Waals surface area contributed by atoms with E-state index in [0.717, 1.165) is 21.3 Å². The van der Waals surface area contributed by atoms with E-state index in [9.17, 15) is 4.79 Å². The van der Waals surface area contributed by atoms with E-state index in [-0.39, 0.29) is 5.91 Å². The molecule has 0 saturated carbocycles. The van der Waals surface area contributed by atoms with Gasteiger partial charge in [0.25, 0.3) is 5.91 Å². The topological polar surface area (TPSA) is 55.1 Å². The molecule has 0 aliphatic carbocycles. The number of amides is 1. The molecule has 19 heavy (non-hydrogen) atoms. The van der Waals surface area contributed by atoms with Gasteiger partial charge in [0.2, 0.25) is 0 Å². The van der Waals surface area contributed by atoms with Crippen molar-refractivity contribution in [3.05, 3.63) is 57.6 Å². The molecule has 3 N–H and O–H groups in total. The number of aryl methyl sites for hydroxylation is 2. The Labute approximate surface area is 121 Å². The largest absolute Gasteiger partial charge is 0.397 e. The Morgan fingerprint density at radius 1 is 1.21 bits per heavy atom. The molecule has 1 amide bonds.